The Kier molecular flexibility index (Phi) is 1.97. The van der Waals surface area contributed by atoms with Gasteiger partial charge in [0.1, 0.15) is 6.04 Å². The first-order valence-corrected chi connectivity index (χ1v) is 5.87. The number of fused-ring (bicyclic) bond motifs is 5. The van der Waals surface area contributed by atoms with E-state index in [-0.39, 0.29) is 35.5 Å². The van der Waals surface area contributed by atoms with E-state index in [1.54, 1.807) is 0 Å². The summed E-state index contributed by atoms with van der Waals surface area (Å²) >= 11 is 0. The number of carbonyl (C=O) groups is 3. The van der Waals surface area contributed by atoms with Gasteiger partial charge in [-0.2, -0.15) is 0 Å². The number of amides is 3. The molecule has 17 heavy (non-hydrogen) atoms. The van der Waals surface area contributed by atoms with Gasteiger partial charge < -0.3 is 5.73 Å². The van der Waals surface area contributed by atoms with Crippen LogP contribution < -0.4 is 5.73 Å². The highest BCUT2D eigenvalue weighted by Crippen LogP contribution is 2.52. The van der Waals surface area contributed by atoms with E-state index in [1.165, 1.54) is 6.92 Å². The number of hydrogen-bond donors (Lipinski definition) is 1. The number of imide groups is 1. The lowest BCUT2D eigenvalue weighted by molar-refractivity contribution is -0.147. The van der Waals surface area contributed by atoms with E-state index < -0.39 is 11.9 Å². The van der Waals surface area contributed by atoms with Crippen LogP contribution in [0, 0.1) is 23.7 Å². The van der Waals surface area contributed by atoms with Crippen molar-refractivity contribution in [3.8, 4) is 0 Å². The number of carbonyl (C=O) groups excluding carboxylic acids is 3. The van der Waals surface area contributed by atoms with Crippen LogP contribution in [-0.2, 0) is 14.4 Å². The molecule has 1 saturated heterocycles. The molecule has 0 aromatic carbocycles. The Morgan fingerprint density at radius 3 is 2.18 bits per heavy atom. The Bertz CT molecular complexity index is 427. The highest BCUT2D eigenvalue weighted by Gasteiger charge is 2.60. The van der Waals surface area contributed by atoms with Crippen molar-refractivity contribution < 1.29 is 14.4 Å². The van der Waals surface area contributed by atoms with Crippen molar-refractivity contribution >= 4 is 17.7 Å². The molecule has 1 aliphatic heterocycles. The minimum absolute atomic E-state index is 0.173. The quantitative estimate of drug-likeness (QED) is 0.524. The van der Waals surface area contributed by atoms with Crippen LogP contribution in [0.25, 0.3) is 0 Å². The van der Waals surface area contributed by atoms with Gasteiger partial charge in [-0.15, -0.1) is 0 Å². The second kappa shape index (κ2) is 3.18. The highest BCUT2D eigenvalue weighted by atomic mass is 16.2. The topological polar surface area (TPSA) is 80.5 Å². The third-order valence-corrected chi connectivity index (χ3v) is 4.30. The molecule has 2 fully saturated rings. The smallest absolute Gasteiger partial charge is 0.240 e. The van der Waals surface area contributed by atoms with Crippen LogP contribution in [0.1, 0.15) is 13.3 Å². The normalized spacial score (nSPS) is 39.9. The summed E-state index contributed by atoms with van der Waals surface area (Å²) in [6.45, 7) is 1.51. The minimum atomic E-state index is -0.833. The summed E-state index contributed by atoms with van der Waals surface area (Å²) in [5.41, 5.74) is 5.17. The van der Waals surface area contributed by atoms with Gasteiger partial charge in [-0.3, -0.25) is 19.3 Å². The molecule has 1 saturated carbocycles. The lowest BCUT2D eigenvalue weighted by Crippen LogP contribution is -2.47. The standard InChI is InChI=1S/C12H14N2O3/c1-5(10(13)15)14-11(16)8-6-2-3-7(4-6)9(8)12(14)17/h2-3,5-9H,4H2,1H3,(H2,13,15)/t5-,6-,7-,8-,9-/m0/s1. The van der Waals surface area contributed by atoms with Gasteiger partial charge in [0.2, 0.25) is 17.7 Å². The van der Waals surface area contributed by atoms with Crippen molar-refractivity contribution in [1.29, 1.82) is 0 Å². The van der Waals surface area contributed by atoms with Crippen LogP contribution in [0.2, 0.25) is 0 Å². The Balaban J connectivity index is 1.95. The molecule has 1 heterocycles. The molecule has 0 spiro atoms. The van der Waals surface area contributed by atoms with E-state index in [0.29, 0.717) is 0 Å². The summed E-state index contributed by atoms with van der Waals surface area (Å²) in [4.78, 5) is 36.6. The Morgan fingerprint density at radius 2 is 1.76 bits per heavy atom. The predicted molar refractivity (Wildman–Crippen MR) is 58.2 cm³/mol. The number of nitrogens with zero attached hydrogens (tertiary/aromatic N) is 1. The molecule has 0 aromatic heterocycles. The zero-order valence-corrected chi connectivity index (χ0v) is 9.50. The van der Waals surface area contributed by atoms with Crippen molar-refractivity contribution in [1.82, 2.24) is 4.90 Å². The SMILES string of the molecule is C[C@@H](C(N)=O)N1C(=O)[C@@H]2[C@@H](C1=O)[C@H]1C=C[C@H]2C1. The Labute approximate surface area is 98.6 Å². The molecule has 0 unspecified atom stereocenters. The van der Waals surface area contributed by atoms with Crippen molar-refractivity contribution in [2.75, 3.05) is 0 Å². The fourth-order valence-corrected chi connectivity index (χ4v) is 3.43. The maximum absolute atomic E-state index is 12.2. The fraction of sp³-hybridized carbons (Fsp3) is 0.583. The third-order valence-electron chi connectivity index (χ3n) is 4.30. The Hall–Kier alpha value is -1.65. The first-order chi connectivity index (χ1) is 8.02. The van der Waals surface area contributed by atoms with E-state index in [0.717, 1.165) is 11.3 Å². The summed E-state index contributed by atoms with van der Waals surface area (Å²) in [6.07, 6.45) is 4.94. The summed E-state index contributed by atoms with van der Waals surface area (Å²) in [6, 6.07) is -0.833. The molecule has 3 aliphatic rings. The molecule has 2 N–H and O–H groups in total. The van der Waals surface area contributed by atoms with Crippen LogP contribution >= 0.6 is 0 Å². The van der Waals surface area contributed by atoms with E-state index >= 15 is 0 Å². The van der Waals surface area contributed by atoms with Crippen LogP contribution in [0.3, 0.4) is 0 Å². The average molecular weight is 234 g/mol. The van der Waals surface area contributed by atoms with Gasteiger partial charge in [0.05, 0.1) is 11.8 Å². The summed E-state index contributed by atoms with van der Waals surface area (Å²) in [7, 11) is 0. The molecule has 2 bridgehead atoms. The lowest BCUT2D eigenvalue weighted by Gasteiger charge is -2.21. The van der Waals surface area contributed by atoms with Crippen LogP contribution in [0.15, 0.2) is 12.2 Å². The van der Waals surface area contributed by atoms with Gasteiger partial charge in [0.15, 0.2) is 0 Å². The zero-order chi connectivity index (χ0) is 12.3. The maximum atomic E-state index is 12.2. The molecule has 0 aromatic rings. The van der Waals surface area contributed by atoms with E-state index in [2.05, 4.69) is 0 Å². The number of nitrogens with two attached hydrogens (primary N) is 1. The van der Waals surface area contributed by atoms with E-state index in [1.807, 2.05) is 12.2 Å². The molecular weight excluding hydrogens is 220 g/mol. The second-order valence-corrected chi connectivity index (χ2v) is 5.12. The molecule has 3 rings (SSSR count). The van der Waals surface area contributed by atoms with Gasteiger partial charge in [0, 0.05) is 0 Å². The molecule has 5 nitrogen and oxygen atoms in total. The molecule has 2 aliphatic carbocycles. The molecular formula is C12H14N2O3. The molecule has 3 amide bonds. The summed E-state index contributed by atoms with van der Waals surface area (Å²) in [5.74, 6) is -1.23. The van der Waals surface area contributed by atoms with Gasteiger partial charge >= 0.3 is 0 Å². The third kappa shape index (κ3) is 1.16. The monoisotopic (exact) mass is 234 g/mol. The van der Waals surface area contributed by atoms with E-state index in [4.69, 9.17) is 5.73 Å². The van der Waals surface area contributed by atoms with Crippen LogP contribution in [-0.4, -0.2) is 28.7 Å². The van der Waals surface area contributed by atoms with Crippen molar-refractivity contribution in [3.63, 3.8) is 0 Å². The number of rotatable bonds is 2. The van der Waals surface area contributed by atoms with Crippen molar-refractivity contribution in [2.24, 2.45) is 29.4 Å². The van der Waals surface area contributed by atoms with E-state index in [9.17, 15) is 14.4 Å². The number of hydrogen-bond acceptors (Lipinski definition) is 3. The summed E-state index contributed by atoms with van der Waals surface area (Å²) < 4.78 is 0. The lowest BCUT2D eigenvalue weighted by atomic mass is 9.85. The van der Waals surface area contributed by atoms with Crippen LogP contribution in [0.5, 0.6) is 0 Å². The highest BCUT2D eigenvalue weighted by molar-refractivity contribution is 6.09. The molecule has 90 valence electrons. The number of allylic oxidation sites excluding steroid dienone is 2. The second-order valence-electron chi connectivity index (χ2n) is 5.12. The molecule has 5 heteroatoms. The summed E-state index contributed by atoms with van der Waals surface area (Å²) in [5, 5.41) is 0. The molecule has 0 radical (unpaired) electrons. The van der Waals surface area contributed by atoms with Gasteiger partial charge in [-0.05, 0) is 25.2 Å². The van der Waals surface area contributed by atoms with Gasteiger partial charge in [-0.25, -0.2) is 0 Å². The first-order valence-electron chi connectivity index (χ1n) is 5.87. The molecule has 5 atom stereocenters. The largest absolute Gasteiger partial charge is 0.368 e. The number of likely N-dealkylation sites (tertiary alicyclic amines) is 1. The van der Waals surface area contributed by atoms with Gasteiger partial charge in [-0.1, -0.05) is 12.2 Å². The van der Waals surface area contributed by atoms with Crippen molar-refractivity contribution in [3.05, 3.63) is 12.2 Å². The predicted octanol–water partition coefficient (Wildman–Crippen LogP) is -0.333. The van der Waals surface area contributed by atoms with Crippen LogP contribution in [0.4, 0.5) is 0 Å². The number of primary amides is 1. The maximum Gasteiger partial charge on any atom is 0.240 e. The average Bonchev–Trinajstić information content (AvgIpc) is 2.92. The fourth-order valence-electron chi connectivity index (χ4n) is 3.43. The zero-order valence-electron chi connectivity index (χ0n) is 9.50. The Morgan fingerprint density at radius 1 is 1.29 bits per heavy atom. The first kappa shape index (κ1) is 10.5. The minimum Gasteiger partial charge on any atom is -0.368 e. The van der Waals surface area contributed by atoms with Gasteiger partial charge in [0.25, 0.3) is 0 Å². The van der Waals surface area contributed by atoms with Crippen molar-refractivity contribution in [2.45, 2.75) is 19.4 Å².